The number of aliphatic hydroxyl groups excluding tert-OH is 1. The van der Waals surface area contributed by atoms with Crippen LogP contribution >= 0.6 is 0 Å². The number of aryl methyl sites for hydroxylation is 2. The van der Waals surface area contributed by atoms with Crippen molar-refractivity contribution < 1.29 is 13.9 Å². The zero-order valence-electron chi connectivity index (χ0n) is 12.9. The van der Waals surface area contributed by atoms with Crippen LogP contribution in [-0.4, -0.2) is 21.7 Å². The van der Waals surface area contributed by atoms with Crippen LogP contribution in [0.2, 0.25) is 0 Å². The molecule has 6 nitrogen and oxygen atoms in total. The summed E-state index contributed by atoms with van der Waals surface area (Å²) in [6.07, 6.45) is 0.106. The van der Waals surface area contributed by atoms with Crippen molar-refractivity contribution in [3.8, 4) is 0 Å². The third-order valence-electron chi connectivity index (χ3n) is 3.85. The number of benzene rings is 1. The number of aliphatic hydroxyl groups is 1. The fourth-order valence-corrected chi connectivity index (χ4v) is 2.58. The average molecular weight is 317 g/mol. The van der Waals surface area contributed by atoms with E-state index in [1.54, 1.807) is 39.2 Å². The Bertz CT molecular complexity index is 932. The Morgan fingerprint density at radius 1 is 1.39 bits per heavy atom. The lowest BCUT2D eigenvalue weighted by molar-refractivity contribution is 0.176. The van der Waals surface area contributed by atoms with Crippen molar-refractivity contribution in [3.05, 3.63) is 58.1 Å². The van der Waals surface area contributed by atoms with Gasteiger partial charge in [0.2, 0.25) is 5.71 Å². The average Bonchev–Trinajstić information content (AvgIpc) is 2.87. The molecule has 1 unspecified atom stereocenters. The summed E-state index contributed by atoms with van der Waals surface area (Å²) in [6.45, 7) is 1.63. The van der Waals surface area contributed by atoms with Gasteiger partial charge >= 0.3 is 0 Å². The lowest BCUT2D eigenvalue weighted by Gasteiger charge is -2.26. The summed E-state index contributed by atoms with van der Waals surface area (Å²) in [5.41, 5.74) is 0.332. The molecule has 1 N–H and O–H groups in total. The van der Waals surface area contributed by atoms with Gasteiger partial charge in [0.1, 0.15) is 23.3 Å². The van der Waals surface area contributed by atoms with Crippen molar-refractivity contribution in [2.45, 2.75) is 13.2 Å². The highest BCUT2D eigenvalue weighted by atomic mass is 19.1. The third kappa shape index (κ3) is 2.39. The number of anilines is 1. The van der Waals surface area contributed by atoms with Crippen LogP contribution in [0.5, 0.6) is 0 Å². The number of hydrogen-bond donors (Lipinski definition) is 1. The minimum atomic E-state index is -1.25. The van der Waals surface area contributed by atoms with Crippen LogP contribution in [0.15, 0.2) is 39.8 Å². The second kappa shape index (κ2) is 5.51. The summed E-state index contributed by atoms with van der Waals surface area (Å²) in [5, 5.41) is 10.9. The molecular weight excluding hydrogens is 301 g/mol. The molecule has 0 saturated carbocycles. The zero-order chi connectivity index (χ0) is 16.7. The smallest absolute Gasteiger partial charge is 0.264 e. The van der Waals surface area contributed by atoms with E-state index in [0.29, 0.717) is 11.3 Å². The Morgan fingerprint density at radius 2 is 2.09 bits per heavy atom. The van der Waals surface area contributed by atoms with Crippen LogP contribution in [0.1, 0.15) is 17.6 Å². The molecule has 2 heterocycles. The summed E-state index contributed by atoms with van der Waals surface area (Å²) >= 11 is 0. The maximum atomic E-state index is 13.9. The Kier molecular flexibility index (Phi) is 3.65. The predicted molar refractivity (Wildman–Crippen MR) is 83.7 cm³/mol. The van der Waals surface area contributed by atoms with Crippen molar-refractivity contribution in [1.82, 2.24) is 9.55 Å². The summed E-state index contributed by atoms with van der Waals surface area (Å²) in [4.78, 5) is 17.7. The molecule has 1 aromatic carbocycles. The number of furan rings is 1. The van der Waals surface area contributed by atoms with Gasteiger partial charge in [0.05, 0.1) is 11.3 Å². The van der Waals surface area contributed by atoms with Gasteiger partial charge in [-0.25, -0.2) is 9.37 Å². The molecule has 7 heteroatoms. The molecule has 0 aliphatic rings. The van der Waals surface area contributed by atoms with Crippen LogP contribution in [0.3, 0.4) is 0 Å². The van der Waals surface area contributed by atoms with E-state index in [1.165, 1.54) is 21.9 Å². The lowest BCUT2D eigenvalue weighted by atomic mass is 10.1. The molecule has 3 aromatic rings. The summed E-state index contributed by atoms with van der Waals surface area (Å²) in [6, 6.07) is 6.09. The molecule has 3 rings (SSSR count). The Hall–Kier alpha value is -2.67. The van der Waals surface area contributed by atoms with E-state index in [4.69, 9.17) is 4.42 Å². The first-order valence-corrected chi connectivity index (χ1v) is 7.02. The second-order valence-electron chi connectivity index (χ2n) is 5.35. The Morgan fingerprint density at radius 3 is 2.78 bits per heavy atom. The standard InChI is InChI=1S/C16H16FN3O3/c1-9-12(13-14(23-9)18-8-19(2)15(13)21)16(22)20(3)11-7-5-4-6-10(11)17/h4-8,16,22H,1-3H3. The SMILES string of the molecule is Cc1oc2ncn(C)c(=O)c2c1C(O)N(C)c1ccccc1F. The van der Waals surface area contributed by atoms with Gasteiger partial charge in [0, 0.05) is 14.1 Å². The van der Waals surface area contributed by atoms with Gasteiger partial charge in [-0.05, 0) is 19.1 Å². The van der Waals surface area contributed by atoms with E-state index < -0.39 is 12.0 Å². The normalized spacial score (nSPS) is 12.6. The number of para-hydroxylation sites is 1. The van der Waals surface area contributed by atoms with Crippen molar-refractivity contribution in [3.63, 3.8) is 0 Å². The molecule has 0 aliphatic heterocycles. The summed E-state index contributed by atoms with van der Waals surface area (Å²) in [5.74, 6) is -0.1000. The lowest BCUT2D eigenvalue weighted by Crippen LogP contribution is -2.27. The molecule has 23 heavy (non-hydrogen) atoms. The van der Waals surface area contributed by atoms with Crippen LogP contribution in [0.4, 0.5) is 10.1 Å². The molecule has 0 saturated heterocycles. The van der Waals surface area contributed by atoms with Gasteiger partial charge in [0.25, 0.3) is 5.56 Å². The predicted octanol–water partition coefficient (Wildman–Crippen LogP) is 2.10. The number of aromatic nitrogens is 2. The molecule has 0 spiro atoms. The van der Waals surface area contributed by atoms with Crippen molar-refractivity contribution in [2.24, 2.45) is 7.05 Å². The van der Waals surface area contributed by atoms with E-state index in [0.717, 1.165) is 0 Å². The van der Waals surface area contributed by atoms with E-state index in [2.05, 4.69) is 4.98 Å². The largest absolute Gasteiger partial charge is 0.442 e. The maximum absolute atomic E-state index is 13.9. The van der Waals surface area contributed by atoms with Crippen molar-refractivity contribution >= 4 is 16.8 Å². The van der Waals surface area contributed by atoms with Crippen LogP contribution in [-0.2, 0) is 7.05 Å². The van der Waals surface area contributed by atoms with Gasteiger partial charge in [-0.1, -0.05) is 12.1 Å². The van der Waals surface area contributed by atoms with E-state index >= 15 is 0 Å². The monoisotopic (exact) mass is 317 g/mol. The van der Waals surface area contributed by atoms with Gasteiger partial charge in [-0.3, -0.25) is 4.79 Å². The van der Waals surface area contributed by atoms with Crippen LogP contribution < -0.4 is 10.5 Å². The Balaban J connectivity index is 2.17. The van der Waals surface area contributed by atoms with Crippen LogP contribution in [0, 0.1) is 12.7 Å². The molecule has 2 aromatic heterocycles. The summed E-state index contributed by atoms with van der Waals surface area (Å²) in [7, 11) is 3.11. The van der Waals surface area contributed by atoms with Gasteiger partial charge in [-0.15, -0.1) is 0 Å². The fourth-order valence-electron chi connectivity index (χ4n) is 2.58. The quantitative estimate of drug-likeness (QED) is 0.749. The van der Waals surface area contributed by atoms with Gasteiger partial charge < -0.3 is 19.0 Å². The first-order valence-electron chi connectivity index (χ1n) is 7.02. The van der Waals surface area contributed by atoms with E-state index in [1.807, 2.05) is 0 Å². The summed E-state index contributed by atoms with van der Waals surface area (Å²) < 4.78 is 20.7. The molecule has 0 amide bonds. The van der Waals surface area contributed by atoms with Crippen LogP contribution in [0.25, 0.3) is 11.1 Å². The Labute approximate surface area is 131 Å². The molecule has 0 radical (unpaired) electrons. The first-order chi connectivity index (χ1) is 10.9. The number of halogens is 1. The maximum Gasteiger partial charge on any atom is 0.264 e. The van der Waals surface area contributed by atoms with Crippen molar-refractivity contribution in [1.29, 1.82) is 0 Å². The molecule has 0 fully saturated rings. The number of rotatable bonds is 3. The topological polar surface area (TPSA) is 71.5 Å². The molecule has 1 atom stereocenters. The molecule has 0 bridgehead atoms. The van der Waals surface area contributed by atoms with Gasteiger partial charge in [0.15, 0.2) is 6.23 Å². The number of nitrogens with zero attached hydrogens (tertiary/aromatic N) is 3. The fraction of sp³-hybridized carbons (Fsp3) is 0.250. The highest BCUT2D eigenvalue weighted by molar-refractivity contribution is 5.78. The minimum absolute atomic E-state index is 0.154. The highest BCUT2D eigenvalue weighted by Gasteiger charge is 2.26. The highest BCUT2D eigenvalue weighted by Crippen LogP contribution is 2.32. The van der Waals surface area contributed by atoms with E-state index in [-0.39, 0.29) is 22.3 Å². The van der Waals surface area contributed by atoms with Gasteiger partial charge in [-0.2, -0.15) is 0 Å². The second-order valence-corrected chi connectivity index (χ2v) is 5.35. The zero-order valence-corrected chi connectivity index (χ0v) is 12.9. The molecule has 120 valence electrons. The minimum Gasteiger partial charge on any atom is -0.442 e. The number of fused-ring (bicyclic) bond motifs is 1. The molecule has 0 aliphatic carbocycles. The van der Waals surface area contributed by atoms with E-state index in [9.17, 15) is 14.3 Å². The molecular formula is C16H16FN3O3. The number of hydrogen-bond acceptors (Lipinski definition) is 5. The van der Waals surface area contributed by atoms with Crippen molar-refractivity contribution in [2.75, 3.05) is 11.9 Å². The third-order valence-corrected chi connectivity index (χ3v) is 3.85. The first kappa shape index (κ1) is 15.2.